The minimum absolute atomic E-state index is 0.209. The van der Waals surface area contributed by atoms with Gasteiger partial charge in [-0.25, -0.2) is 4.68 Å². The molecule has 116 valence electrons. The molecule has 0 radical (unpaired) electrons. The van der Waals surface area contributed by atoms with Gasteiger partial charge in [-0.3, -0.25) is 9.69 Å². The smallest absolute Gasteiger partial charge is 0.202 e. The van der Waals surface area contributed by atoms with E-state index in [1.165, 1.54) is 0 Å². The maximum absolute atomic E-state index is 13.2. The third kappa shape index (κ3) is 2.62. The zero-order valence-corrected chi connectivity index (χ0v) is 12.8. The number of carbonyl (C=O) groups is 1. The second kappa shape index (κ2) is 6.23. The first-order chi connectivity index (χ1) is 10.3. The van der Waals surface area contributed by atoms with Crippen LogP contribution < -0.4 is 0 Å². The van der Waals surface area contributed by atoms with Crippen LogP contribution in [-0.2, 0) is 11.3 Å². The lowest BCUT2D eigenvalue weighted by Gasteiger charge is -2.42. The summed E-state index contributed by atoms with van der Waals surface area (Å²) in [5, 5.41) is 8.04. The van der Waals surface area contributed by atoms with Gasteiger partial charge in [0.2, 0.25) is 5.78 Å². The van der Waals surface area contributed by atoms with Crippen LogP contribution in [0.4, 0.5) is 0 Å². The molecule has 0 atom stereocenters. The first kappa shape index (κ1) is 14.7. The van der Waals surface area contributed by atoms with Crippen LogP contribution in [-0.4, -0.2) is 57.5 Å². The predicted octanol–water partition coefficient (Wildman–Crippen LogP) is 1.52. The molecule has 2 aliphatic rings. The van der Waals surface area contributed by atoms with E-state index in [4.69, 9.17) is 4.74 Å². The van der Waals surface area contributed by atoms with Gasteiger partial charge in [-0.2, -0.15) is 0 Å². The highest BCUT2D eigenvalue weighted by Crippen LogP contribution is 2.38. The molecule has 0 amide bonds. The van der Waals surface area contributed by atoms with Gasteiger partial charge in [-0.1, -0.05) is 25.0 Å². The average Bonchev–Trinajstić information content (AvgIpc) is 3.18. The van der Waals surface area contributed by atoms with Gasteiger partial charge in [0.15, 0.2) is 0 Å². The van der Waals surface area contributed by atoms with Gasteiger partial charge >= 0.3 is 0 Å². The topological polar surface area (TPSA) is 60.2 Å². The minimum atomic E-state index is -0.350. The Bertz CT molecular complexity index is 488. The lowest BCUT2D eigenvalue weighted by atomic mass is 9.87. The van der Waals surface area contributed by atoms with Gasteiger partial charge in [-0.05, 0) is 19.3 Å². The summed E-state index contributed by atoms with van der Waals surface area (Å²) in [4.78, 5) is 15.6. The molecule has 21 heavy (non-hydrogen) atoms. The lowest BCUT2D eigenvalue weighted by molar-refractivity contribution is -0.0134. The number of aryl methyl sites for hydroxylation is 1. The fraction of sp³-hybridized carbons (Fsp3) is 0.800. The number of nitrogens with zero attached hydrogens (tertiary/aromatic N) is 4. The molecule has 1 aromatic rings. The zero-order valence-electron chi connectivity index (χ0n) is 12.8. The highest BCUT2D eigenvalue weighted by atomic mass is 16.5. The minimum Gasteiger partial charge on any atom is -0.379 e. The monoisotopic (exact) mass is 292 g/mol. The Balaban J connectivity index is 1.89. The second-order valence-corrected chi connectivity index (χ2v) is 6.01. The summed E-state index contributed by atoms with van der Waals surface area (Å²) in [7, 11) is 0. The molecule has 1 aliphatic carbocycles. The third-order valence-electron chi connectivity index (χ3n) is 4.76. The Morgan fingerprint density at radius 3 is 2.71 bits per heavy atom. The van der Waals surface area contributed by atoms with Crippen molar-refractivity contribution in [2.24, 2.45) is 0 Å². The van der Waals surface area contributed by atoms with Crippen LogP contribution in [0.25, 0.3) is 0 Å². The summed E-state index contributed by atoms with van der Waals surface area (Å²) in [5.74, 6) is 0.209. The van der Waals surface area contributed by atoms with Crippen molar-refractivity contribution in [3.05, 3.63) is 11.9 Å². The van der Waals surface area contributed by atoms with Gasteiger partial charge in [0.1, 0.15) is 5.69 Å². The fourth-order valence-electron chi connectivity index (χ4n) is 3.69. The quantitative estimate of drug-likeness (QED) is 0.770. The molecule has 1 saturated heterocycles. The summed E-state index contributed by atoms with van der Waals surface area (Å²) < 4.78 is 7.22. The molecule has 0 spiro atoms. The summed E-state index contributed by atoms with van der Waals surface area (Å²) in [6.07, 6.45) is 6.73. The Hall–Kier alpha value is -1.27. The standard InChI is InChI=1S/C15H24N4O2/c1-2-7-19-13(12-16-17-19)14(20)15(5-3-4-6-15)18-8-10-21-11-9-18/h12H,2-11H2,1H3. The van der Waals surface area contributed by atoms with Crippen molar-refractivity contribution in [2.45, 2.75) is 51.1 Å². The van der Waals surface area contributed by atoms with Crippen molar-refractivity contribution in [3.8, 4) is 0 Å². The molecule has 0 N–H and O–H groups in total. The SMILES string of the molecule is CCCn1nncc1C(=O)C1(N2CCOCC2)CCCC1. The predicted molar refractivity (Wildman–Crippen MR) is 78.2 cm³/mol. The Morgan fingerprint density at radius 1 is 1.33 bits per heavy atom. The van der Waals surface area contributed by atoms with Crippen molar-refractivity contribution in [3.63, 3.8) is 0 Å². The van der Waals surface area contributed by atoms with Gasteiger partial charge in [-0.15, -0.1) is 5.10 Å². The van der Waals surface area contributed by atoms with E-state index >= 15 is 0 Å². The molecule has 2 fully saturated rings. The van der Waals surface area contributed by atoms with Crippen molar-refractivity contribution in [2.75, 3.05) is 26.3 Å². The van der Waals surface area contributed by atoms with E-state index in [1.54, 1.807) is 10.9 Å². The van der Waals surface area contributed by atoms with E-state index in [0.29, 0.717) is 5.69 Å². The molecule has 0 bridgehead atoms. The summed E-state index contributed by atoms with van der Waals surface area (Å²) in [5.41, 5.74) is 0.321. The first-order valence-corrected chi connectivity index (χ1v) is 8.04. The van der Waals surface area contributed by atoms with E-state index in [-0.39, 0.29) is 11.3 Å². The zero-order chi connectivity index (χ0) is 14.7. The second-order valence-electron chi connectivity index (χ2n) is 6.01. The molecule has 1 aliphatic heterocycles. The molecule has 1 aromatic heterocycles. The number of aromatic nitrogens is 3. The lowest BCUT2D eigenvalue weighted by Crippen LogP contribution is -2.57. The molecule has 2 heterocycles. The highest BCUT2D eigenvalue weighted by Gasteiger charge is 2.47. The molecule has 6 nitrogen and oxygen atoms in total. The van der Waals surface area contributed by atoms with Gasteiger partial charge in [0, 0.05) is 19.6 Å². The summed E-state index contributed by atoms with van der Waals surface area (Å²) in [6, 6.07) is 0. The van der Waals surface area contributed by atoms with Crippen LogP contribution in [0, 0.1) is 0 Å². The Labute approximate surface area is 125 Å². The number of hydrogen-bond donors (Lipinski definition) is 0. The third-order valence-corrected chi connectivity index (χ3v) is 4.76. The van der Waals surface area contributed by atoms with Crippen LogP contribution in [0.15, 0.2) is 6.20 Å². The van der Waals surface area contributed by atoms with Crippen LogP contribution in [0.5, 0.6) is 0 Å². The van der Waals surface area contributed by atoms with Crippen molar-refractivity contribution < 1.29 is 9.53 Å². The average molecular weight is 292 g/mol. The number of morpholine rings is 1. The summed E-state index contributed by atoms with van der Waals surface area (Å²) in [6.45, 7) is 5.98. The van der Waals surface area contributed by atoms with Crippen LogP contribution in [0.1, 0.15) is 49.5 Å². The van der Waals surface area contributed by atoms with Gasteiger partial charge in [0.25, 0.3) is 0 Å². The number of ketones is 1. The van der Waals surface area contributed by atoms with Crippen molar-refractivity contribution in [1.29, 1.82) is 0 Å². The van der Waals surface area contributed by atoms with Crippen LogP contribution >= 0.6 is 0 Å². The molecule has 0 unspecified atom stereocenters. The first-order valence-electron chi connectivity index (χ1n) is 8.04. The van der Waals surface area contributed by atoms with E-state index in [0.717, 1.165) is 65.0 Å². The number of ether oxygens (including phenoxy) is 1. The molecule has 6 heteroatoms. The van der Waals surface area contributed by atoms with E-state index in [2.05, 4.69) is 22.1 Å². The van der Waals surface area contributed by atoms with Crippen LogP contribution in [0.3, 0.4) is 0 Å². The van der Waals surface area contributed by atoms with E-state index in [1.807, 2.05) is 0 Å². The van der Waals surface area contributed by atoms with E-state index in [9.17, 15) is 4.79 Å². The number of rotatable bonds is 5. The molecular formula is C15H24N4O2. The van der Waals surface area contributed by atoms with Crippen molar-refractivity contribution >= 4 is 5.78 Å². The fourth-order valence-corrected chi connectivity index (χ4v) is 3.69. The molecule has 3 rings (SSSR count). The largest absolute Gasteiger partial charge is 0.379 e. The van der Waals surface area contributed by atoms with E-state index < -0.39 is 0 Å². The maximum Gasteiger partial charge on any atom is 0.202 e. The van der Waals surface area contributed by atoms with Crippen LogP contribution in [0.2, 0.25) is 0 Å². The van der Waals surface area contributed by atoms with Gasteiger partial charge < -0.3 is 4.74 Å². The highest BCUT2D eigenvalue weighted by molar-refractivity contribution is 6.02. The Kier molecular flexibility index (Phi) is 4.35. The summed E-state index contributed by atoms with van der Waals surface area (Å²) >= 11 is 0. The molecule has 0 aromatic carbocycles. The number of carbonyl (C=O) groups excluding carboxylic acids is 1. The van der Waals surface area contributed by atoms with Crippen molar-refractivity contribution in [1.82, 2.24) is 19.9 Å². The number of hydrogen-bond acceptors (Lipinski definition) is 5. The molecular weight excluding hydrogens is 268 g/mol. The molecule has 1 saturated carbocycles. The normalized spacial score (nSPS) is 22.5. The Morgan fingerprint density at radius 2 is 2.05 bits per heavy atom. The van der Waals surface area contributed by atoms with Gasteiger partial charge in [0.05, 0.1) is 24.9 Å². The number of Topliss-reactive ketones (excluding diaryl/α,β-unsaturated/α-hetero) is 1. The maximum atomic E-state index is 13.2.